The summed E-state index contributed by atoms with van der Waals surface area (Å²) in [6.07, 6.45) is 0.327. The van der Waals surface area contributed by atoms with Crippen LogP contribution in [0.15, 0.2) is 30.3 Å². The van der Waals surface area contributed by atoms with E-state index in [9.17, 15) is 5.11 Å². The smallest absolute Gasteiger partial charge is 0.106 e. The second kappa shape index (κ2) is 6.05. The first-order valence-corrected chi connectivity index (χ1v) is 5.13. The van der Waals surface area contributed by atoms with Crippen LogP contribution < -0.4 is 4.90 Å². The van der Waals surface area contributed by atoms with Gasteiger partial charge in [-0.15, -0.1) is 0 Å². The minimum atomic E-state index is -0.376. The van der Waals surface area contributed by atoms with Gasteiger partial charge >= 0.3 is 0 Å². The van der Waals surface area contributed by atoms with Crippen LogP contribution in [0.1, 0.15) is 13.3 Å². The lowest BCUT2D eigenvalue weighted by molar-refractivity contribution is 0.176. The summed E-state index contributed by atoms with van der Waals surface area (Å²) in [4.78, 5) is 1.88. The highest BCUT2D eigenvalue weighted by atomic mass is 16.3. The molecule has 1 aromatic rings. The number of benzene rings is 1. The van der Waals surface area contributed by atoms with Crippen molar-refractivity contribution < 1.29 is 5.11 Å². The molecule has 0 aliphatic heterocycles. The van der Waals surface area contributed by atoms with Gasteiger partial charge < -0.3 is 10.0 Å². The molecule has 1 unspecified atom stereocenters. The summed E-state index contributed by atoms with van der Waals surface area (Å²) in [6.45, 7) is 2.75. The van der Waals surface area contributed by atoms with E-state index in [4.69, 9.17) is 5.26 Å². The SMILES string of the molecule is CCC(O)CN(CC#N)c1ccccc1. The van der Waals surface area contributed by atoms with Crippen LogP contribution in [0.25, 0.3) is 0 Å². The third-order valence-electron chi connectivity index (χ3n) is 2.29. The number of anilines is 1. The van der Waals surface area contributed by atoms with Crippen LogP contribution in [0.4, 0.5) is 5.69 Å². The summed E-state index contributed by atoms with van der Waals surface area (Å²) < 4.78 is 0. The predicted molar refractivity (Wildman–Crippen MR) is 60.6 cm³/mol. The Bertz CT molecular complexity index is 318. The molecule has 0 fully saturated rings. The van der Waals surface area contributed by atoms with E-state index < -0.39 is 0 Å². The van der Waals surface area contributed by atoms with E-state index in [0.717, 1.165) is 5.69 Å². The quantitative estimate of drug-likeness (QED) is 0.744. The average Bonchev–Trinajstić information content (AvgIpc) is 2.29. The summed E-state index contributed by atoms with van der Waals surface area (Å²) in [5, 5.41) is 18.3. The number of aliphatic hydroxyl groups excluding tert-OH is 1. The van der Waals surface area contributed by atoms with Crippen LogP contribution in [-0.2, 0) is 0 Å². The minimum absolute atomic E-state index is 0.307. The van der Waals surface area contributed by atoms with E-state index in [1.165, 1.54) is 0 Å². The van der Waals surface area contributed by atoms with Crippen molar-refractivity contribution in [1.29, 1.82) is 5.26 Å². The molecule has 80 valence electrons. The molecule has 1 aromatic carbocycles. The van der Waals surface area contributed by atoms with Crippen molar-refractivity contribution in [2.24, 2.45) is 0 Å². The lowest BCUT2D eigenvalue weighted by Crippen LogP contribution is -2.32. The predicted octanol–water partition coefficient (Wildman–Crippen LogP) is 1.79. The summed E-state index contributed by atoms with van der Waals surface area (Å²) in [7, 11) is 0. The maximum atomic E-state index is 9.57. The fourth-order valence-corrected chi connectivity index (χ4v) is 1.37. The molecular formula is C12H16N2O. The van der Waals surface area contributed by atoms with Crippen molar-refractivity contribution in [2.75, 3.05) is 18.0 Å². The lowest BCUT2D eigenvalue weighted by atomic mass is 10.2. The molecule has 0 saturated heterocycles. The molecule has 1 atom stereocenters. The van der Waals surface area contributed by atoms with Crippen LogP contribution in [0, 0.1) is 11.3 Å². The van der Waals surface area contributed by atoms with Gasteiger partial charge in [0.25, 0.3) is 0 Å². The Morgan fingerprint density at radius 3 is 2.60 bits per heavy atom. The van der Waals surface area contributed by atoms with Crippen molar-refractivity contribution in [3.8, 4) is 6.07 Å². The summed E-state index contributed by atoms with van der Waals surface area (Å²) >= 11 is 0. The molecule has 15 heavy (non-hydrogen) atoms. The van der Waals surface area contributed by atoms with Gasteiger partial charge in [-0.3, -0.25) is 0 Å². The zero-order chi connectivity index (χ0) is 11.1. The molecule has 0 saturated carbocycles. The third-order valence-corrected chi connectivity index (χ3v) is 2.29. The molecular weight excluding hydrogens is 188 g/mol. The topological polar surface area (TPSA) is 47.3 Å². The normalized spacial score (nSPS) is 11.8. The molecule has 0 aromatic heterocycles. The van der Waals surface area contributed by atoms with Gasteiger partial charge in [-0.05, 0) is 18.6 Å². The van der Waals surface area contributed by atoms with E-state index in [2.05, 4.69) is 6.07 Å². The van der Waals surface area contributed by atoms with Crippen LogP contribution in [-0.4, -0.2) is 24.3 Å². The highest BCUT2D eigenvalue weighted by Crippen LogP contribution is 2.13. The van der Waals surface area contributed by atoms with Gasteiger partial charge in [0.05, 0.1) is 12.2 Å². The van der Waals surface area contributed by atoms with Crippen LogP contribution in [0.5, 0.6) is 0 Å². The van der Waals surface area contributed by atoms with Gasteiger partial charge in [-0.25, -0.2) is 0 Å². The Labute approximate surface area is 90.6 Å². The van der Waals surface area contributed by atoms with Crippen molar-refractivity contribution >= 4 is 5.69 Å². The first-order chi connectivity index (χ1) is 7.27. The molecule has 0 bridgehead atoms. The van der Waals surface area contributed by atoms with Crippen molar-refractivity contribution in [1.82, 2.24) is 0 Å². The summed E-state index contributed by atoms with van der Waals surface area (Å²) in [5.74, 6) is 0. The fourth-order valence-electron chi connectivity index (χ4n) is 1.37. The minimum Gasteiger partial charge on any atom is -0.391 e. The number of hydrogen-bond donors (Lipinski definition) is 1. The number of nitriles is 1. The molecule has 0 radical (unpaired) electrons. The molecule has 0 aliphatic carbocycles. The number of nitrogens with zero attached hydrogens (tertiary/aromatic N) is 2. The molecule has 0 spiro atoms. The molecule has 0 aliphatic rings. The maximum Gasteiger partial charge on any atom is 0.106 e. The molecule has 0 amide bonds. The molecule has 3 heteroatoms. The van der Waals surface area contributed by atoms with Gasteiger partial charge in [0.15, 0.2) is 0 Å². The first-order valence-electron chi connectivity index (χ1n) is 5.13. The maximum absolute atomic E-state index is 9.57. The Balaban J connectivity index is 2.71. The standard InChI is InChI=1S/C12H16N2O/c1-2-12(15)10-14(9-8-13)11-6-4-3-5-7-11/h3-7,12,15H,2,9-10H2,1H3. The number of para-hydroxylation sites is 1. The fraction of sp³-hybridized carbons (Fsp3) is 0.417. The Morgan fingerprint density at radius 2 is 2.07 bits per heavy atom. The van der Waals surface area contributed by atoms with Crippen molar-refractivity contribution in [3.05, 3.63) is 30.3 Å². The van der Waals surface area contributed by atoms with Gasteiger partial charge in [0.1, 0.15) is 6.54 Å². The molecule has 1 rings (SSSR count). The van der Waals surface area contributed by atoms with E-state index in [0.29, 0.717) is 19.5 Å². The summed E-state index contributed by atoms with van der Waals surface area (Å²) in [6, 6.07) is 11.8. The van der Waals surface area contributed by atoms with Gasteiger partial charge in [-0.1, -0.05) is 25.1 Å². The van der Waals surface area contributed by atoms with Crippen LogP contribution in [0.3, 0.4) is 0 Å². The monoisotopic (exact) mass is 204 g/mol. The van der Waals surface area contributed by atoms with Crippen LogP contribution >= 0.6 is 0 Å². The number of aliphatic hydroxyl groups is 1. The van der Waals surface area contributed by atoms with Gasteiger partial charge in [0.2, 0.25) is 0 Å². The number of rotatable bonds is 5. The Morgan fingerprint density at radius 1 is 1.40 bits per heavy atom. The molecule has 3 nitrogen and oxygen atoms in total. The van der Waals surface area contributed by atoms with E-state index in [1.54, 1.807) is 0 Å². The first kappa shape index (κ1) is 11.5. The van der Waals surface area contributed by atoms with Crippen LogP contribution in [0.2, 0.25) is 0 Å². The number of hydrogen-bond acceptors (Lipinski definition) is 3. The van der Waals surface area contributed by atoms with Gasteiger partial charge in [-0.2, -0.15) is 5.26 Å². The van der Waals surface area contributed by atoms with Crippen molar-refractivity contribution in [3.63, 3.8) is 0 Å². The molecule has 1 N–H and O–H groups in total. The van der Waals surface area contributed by atoms with E-state index in [1.807, 2.05) is 42.2 Å². The Hall–Kier alpha value is -1.53. The average molecular weight is 204 g/mol. The lowest BCUT2D eigenvalue weighted by Gasteiger charge is -2.24. The second-order valence-corrected chi connectivity index (χ2v) is 3.44. The zero-order valence-corrected chi connectivity index (χ0v) is 8.93. The largest absolute Gasteiger partial charge is 0.391 e. The van der Waals surface area contributed by atoms with Gasteiger partial charge in [0, 0.05) is 12.2 Å². The van der Waals surface area contributed by atoms with E-state index in [-0.39, 0.29) is 6.10 Å². The Kier molecular flexibility index (Phi) is 4.65. The third kappa shape index (κ3) is 3.61. The second-order valence-electron chi connectivity index (χ2n) is 3.44. The zero-order valence-electron chi connectivity index (χ0n) is 8.93. The van der Waals surface area contributed by atoms with Crippen molar-refractivity contribution in [2.45, 2.75) is 19.4 Å². The summed E-state index contributed by atoms with van der Waals surface area (Å²) in [5.41, 5.74) is 0.978. The highest BCUT2D eigenvalue weighted by molar-refractivity contribution is 5.46. The van der Waals surface area contributed by atoms with E-state index >= 15 is 0 Å². The molecule has 0 heterocycles. The highest BCUT2D eigenvalue weighted by Gasteiger charge is 2.09.